The van der Waals surface area contributed by atoms with Crippen molar-refractivity contribution < 1.29 is 28.8 Å². The Labute approximate surface area is 302 Å². The number of rotatable bonds is 20. The van der Waals surface area contributed by atoms with Gasteiger partial charge in [-0.3, -0.25) is 38.7 Å². The van der Waals surface area contributed by atoms with Crippen molar-refractivity contribution in [1.82, 2.24) is 31.6 Å². The monoisotopic (exact) mass is 716 g/mol. The third-order valence-electron chi connectivity index (χ3n) is 8.05. The maximum absolute atomic E-state index is 13.8. The molecule has 3 rings (SSSR count). The van der Waals surface area contributed by atoms with Gasteiger partial charge in [-0.05, 0) is 67.5 Å². The maximum atomic E-state index is 13.8. The molecule has 52 heavy (non-hydrogen) atoms. The van der Waals surface area contributed by atoms with Crippen molar-refractivity contribution in [2.24, 2.45) is 22.2 Å². The minimum Gasteiger partial charge on any atom is -0.370 e. The lowest BCUT2D eigenvalue weighted by molar-refractivity contribution is -0.134. The predicted molar refractivity (Wildman–Crippen MR) is 196 cm³/mol. The summed E-state index contributed by atoms with van der Waals surface area (Å²) < 4.78 is 0. The van der Waals surface area contributed by atoms with Gasteiger partial charge in [0.1, 0.15) is 29.9 Å². The summed E-state index contributed by atoms with van der Waals surface area (Å²) in [5.74, 6) is -3.64. The largest absolute Gasteiger partial charge is 0.370 e. The van der Waals surface area contributed by atoms with Crippen molar-refractivity contribution in [2.75, 3.05) is 13.1 Å². The normalized spacial score (nSPS) is 13.0. The molecule has 2 aromatic carbocycles. The summed E-state index contributed by atoms with van der Waals surface area (Å²) in [4.78, 5) is 85.0. The van der Waals surface area contributed by atoms with Crippen LogP contribution in [0.4, 0.5) is 0 Å². The lowest BCUT2D eigenvalue weighted by Gasteiger charge is -2.26. The topological polar surface area (TPSA) is 266 Å². The van der Waals surface area contributed by atoms with Crippen LogP contribution in [0.1, 0.15) is 62.0 Å². The Morgan fingerprint density at radius 3 is 2.00 bits per heavy atom. The summed E-state index contributed by atoms with van der Waals surface area (Å²) in [6, 6.07) is 14.1. The van der Waals surface area contributed by atoms with Crippen molar-refractivity contribution in [3.05, 3.63) is 78.1 Å². The molecule has 0 radical (unpaired) electrons. The van der Waals surface area contributed by atoms with Crippen LogP contribution in [0.15, 0.2) is 71.9 Å². The Morgan fingerprint density at radius 2 is 1.37 bits per heavy atom. The second kappa shape index (κ2) is 20.6. The van der Waals surface area contributed by atoms with Gasteiger partial charge in [0.05, 0.1) is 0 Å². The number of aromatic nitrogens is 1. The number of amides is 6. The molecule has 0 spiro atoms. The summed E-state index contributed by atoms with van der Waals surface area (Å²) in [6.45, 7) is 3.15. The number of hydrogen-bond acceptors (Lipinski definition) is 8. The number of unbranched alkanes of at least 4 members (excludes halogenated alkanes) is 1. The van der Waals surface area contributed by atoms with Gasteiger partial charge in [0.25, 0.3) is 5.91 Å². The van der Waals surface area contributed by atoms with Gasteiger partial charge in [0, 0.05) is 32.6 Å². The number of hydrogen-bond donors (Lipinski definition) is 8. The second-order valence-electron chi connectivity index (χ2n) is 12.3. The molecule has 16 heteroatoms. The summed E-state index contributed by atoms with van der Waals surface area (Å²) in [6.07, 6.45) is 3.00. The Kier molecular flexibility index (Phi) is 16.0. The minimum atomic E-state index is -1.14. The molecule has 6 amide bonds. The molecule has 0 aliphatic carbocycles. The van der Waals surface area contributed by atoms with Crippen molar-refractivity contribution in [1.29, 1.82) is 0 Å². The molecule has 0 saturated carbocycles. The second-order valence-corrected chi connectivity index (χ2v) is 12.3. The average Bonchev–Trinajstić information content (AvgIpc) is 3.11. The summed E-state index contributed by atoms with van der Waals surface area (Å²) in [5.41, 5.74) is 17.2. The Hall–Kier alpha value is -6.06. The van der Waals surface area contributed by atoms with Gasteiger partial charge in [-0.15, -0.1) is 0 Å². The van der Waals surface area contributed by atoms with Gasteiger partial charge in [0.15, 0.2) is 5.96 Å². The molecule has 0 aliphatic rings. The Balaban J connectivity index is 1.78. The molecule has 1 heterocycles. The first-order valence-electron chi connectivity index (χ1n) is 17.0. The van der Waals surface area contributed by atoms with Crippen LogP contribution in [0, 0.1) is 0 Å². The first-order valence-corrected chi connectivity index (χ1v) is 17.0. The number of benzene rings is 2. The highest BCUT2D eigenvalue weighted by Gasteiger charge is 2.30. The molecule has 278 valence electrons. The smallest absolute Gasteiger partial charge is 0.269 e. The van der Waals surface area contributed by atoms with Gasteiger partial charge in [-0.25, -0.2) is 0 Å². The fourth-order valence-electron chi connectivity index (χ4n) is 5.29. The van der Waals surface area contributed by atoms with E-state index >= 15 is 0 Å². The number of pyridine rings is 1. The Bertz CT molecular complexity index is 1730. The maximum Gasteiger partial charge on any atom is 0.269 e. The highest BCUT2D eigenvalue weighted by Crippen LogP contribution is 2.17. The van der Waals surface area contributed by atoms with E-state index in [4.69, 9.17) is 17.2 Å². The van der Waals surface area contributed by atoms with E-state index < -0.39 is 53.7 Å². The lowest BCUT2D eigenvalue weighted by atomic mass is 10.00. The SMILES string of the molecule is CC(=O)N[C@H](Cc1ccc2ccccc2c1)C(=O)N[C@@H](CCCCNC(=O)c1ccccn1)C(=O)N[C@@H](CCCN=C(N)N)C(=O)N[C@H](C)C(N)=O. The number of primary amides is 1. The fourth-order valence-corrected chi connectivity index (χ4v) is 5.29. The van der Waals surface area contributed by atoms with E-state index in [1.54, 1.807) is 18.2 Å². The number of nitrogens with one attached hydrogen (secondary N) is 5. The molecule has 16 nitrogen and oxygen atoms in total. The summed E-state index contributed by atoms with van der Waals surface area (Å²) in [7, 11) is 0. The number of nitrogens with zero attached hydrogens (tertiary/aromatic N) is 2. The van der Waals surface area contributed by atoms with Crippen LogP contribution >= 0.6 is 0 Å². The average molecular weight is 717 g/mol. The molecule has 1 aromatic heterocycles. The molecule has 0 aliphatic heterocycles. The molecule has 0 unspecified atom stereocenters. The molecular weight excluding hydrogens is 668 g/mol. The van der Waals surface area contributed by atoms with Crippen molar-refractivity contribution in [3.63, 3.8) is 0 Å². The third kappa shape index (κ3) is 13.7. The third-order valence-corrected chi connectivity index (χ3v) is 8.05. The van der Waals surface area contributed by atoms with Gasteiger partial charge in [-0.2, -0.15) is 0 Å². The van der Waals surface area contributed by atoms with Gasteiger partial charge in [0.2, 0.25) is 29.5 Å². The first-order chi connectivity index (χ1) is 24.8. The van der Waals surface area contributed by atoms with Crippen LogP contribution in [-0.2, 0) is 30.4 Å². The molecule has 0 saturated heterocycles. The standard InChI is InChI=1S/C36H48N10O6/c1-22(31(37)48)43-33(50)29(14-9-19-42-36(38)39)45-34(51)28(13-6-8-18-41-32(49)27-12-5-7-17-40-27)46-35(52)30(44-23(2)47)21-24-15-16-25-10-3-4-11-26(25)20-24/h3-5,7,10-12,15-17,20,22,28-30H,6,8-9,13-14,18-19,21H2,1-2H3,(H2,37,48)(H,41,49)(H,43,50)(H,44,47)(H,45,51)(H,46,52)(H4,38,39,42)/t22-,28+,29+,30-/m1/s1. The van der Waals surface area contributed by atoms with E-state index in [1.165, 1.54) is 20.0 Å². The van der Waals surface area contributed by atoms with Crippen molar-refractivity contribution in [3.8, 4) is 0 Å². The van der Waals surface area contributed by atoms with E-state index in [2.05, 4.69) is 36.6 Å². The zero-order valence-electron chi connectivity index (χ0n) is 29.4. The molecule has 11 N–H and O–H groups in total. The highest BCUT2D eigenvalue weighted by atomic mass is 16.2. The van der Waals surface area contributed by atoms with Gasteiger partial charge in [-0.1, -0.05) is 48.5 Å². The van der Waals surface area contributed by atoms with E-state index in [9.17, 15) is 28.8 Å². The molecule has 4 atom stereocenters. The van der Waals surface area contributed by atoms with E-state index in [-0.39, 0.29) is 49.9 Å². The van der Waals surface area contributed by atoms with E-state index in [0.717, 1.165) is 16.3 Å². The van der Waals surface area contributed by atoms with Crippen molar-refractivity contribution in [2.45, 2.75) is 76.5 Å². The molecule has 0 fully saturated rings. The lowest BCUT2D eigenvalue weighted by Crippen LogP contribution is -2.58. The highest BCUT2D eigenvalue weighted by molar-refractivity contribution is 5.95. The van der Waals surface area contributed by atoms with Crippen LogP contribution in [0.2, 0.25) is 0 Å². The van der Waals surface area contributed by atoms with Crippen LogP contribution < -0.4 is 43.8 Å². The van der Waals surface area contributed by atoms with Crippen molar-refractivity contribution >= 4 is 52.2 Å². The fraction of sp³-hybridized carbons (Fsp3) is 0.389. The predicted octanol–water partition coefficient (Wildman–Crippen LogP) is -0.104. The number of carbonyl (C=O) groups excluding carboxylic acids is 6. The van der Waals surface area contributed by atoms with E-state index in [0.29, 0.717) is 19.3 Å². The first kappa shape index (κ1) is 40.4. The molecular formula is C36H48N10O6. The Morgan fingerprint density at radius 1 is 0.731 bits per heavy atom. The number of guanidine groups is 1. The number of fused-ring (bicyclic) bond motifs is 1. The summed E-state index contributed by atoms with van der Waals surface area (Å²) in [5, 5.41) is 15.4. The van der Waals surface area contributed by atoms with Crippen LogP contribution in [-0.4, -0.2) is 83.6 Å². The van der Waals surface area contributed by atoms with Crippen LogP contribution in [0.3, 0.4) is 0 Å². The van der Waals surface area contributed by atoms with Gasteiger partial charge < -0.3 is 43.8 Å². The van der Waals surface area contributed by atoms with Crippen LogP contribution in [0.25, 0.3) is 10.8 Å². The number of carbonyl (C=O) groups is 6. The number of aliphatic imine (C=N–C) groups is 1. The quantitative estimate of drug-likeness (QED) is 0.0440. The zero-order chi connectivity index (χ0) is 38.0. The van der Waals surface area contributed by atoms with E-state index in [1.807, 2.05) is 42.5 Å². The van der Waals surface area contributed by atoms with Gasteiger partial charge >= 0.3 is 0 Å². The zero-order valence-corrected chi connectivity index (χ0v) is 29.4. The summed E-state index contributed by atoms with van der Waals surface area (Å²) >= 11 is 0. The molecule has 3 aromatic rings. The minimum absolute atomic E-state index is 0.0938. The number of nitrogens with two attached hydrogens (primary N) is 3. The molecule has 0 bridgehead atoms. The van der Waals surface area contributed by atoms with Crippen LogP contribution in [0.5, 0.6) is 0 Å².